The van der Waals surface area contributed by atoms with Crippen molar-refractivity contribution in [3.05, 3.63) is 23.9 Å². The van der Waals surface area contributed by atoms with E-state index >= 15 is 0 Å². The largest absolute Gasteiger partial charge is 0.388 e. The third-order valence-electron chi connectivity index (χ3n) is 2.80. The van der Waals surface area contributed by atoms with Gasteiger partial charge in [0.25, 0.3) is 0 Å². The first kappa shape index (κ1) is 11.7. The first-order chi connectivity index (χ1) is 7.68. The van der Waals surface area contributed by atoms with Crippen molar-refractivity contribution in [1.82, 2.24) is 4.98 Å². The summed E-state index contributed by atoms with van der Waals surface area (Å²) in [5.74, 6) is 3.37. The number of nitrogens with two attached hydrogens (primary N) is 1. The van der Waals surface area contributed by atoms with Crippen LogP contribution in [0.4, 0.5) is 5.82 Å². The molecule has 1 aromatic heterocycles. The molecular weight excluding hydrogens is 238 g/mol. The molecule has 1 fully saturated rings. The van der Waals surface area contributed by atoms with Gasteiger partial charge in [0, 0.05) is 18.8 Å². The van der Waals surface area contributed by atoms with E-state index in [1.807, 2.05) is 30.0 Å². The number of thiocarbonyl (C=S) groups is 1. The monoisotopic (exact) mass is 253 g/mol. The van der Waals surface area contributed by atoms with E-state index in [1.165, 1.54) is 17.9 Å². The van der Waals surface area contributed by atoms with Crippen molar-refractivity contribution in [2.24, 2.45) is 5.73 Å². The molecule has 1 aliphatic rings. The zero-order valence-electron chi connectivity index (χ0n) is 9.22. The number of hydrogen-bond donors (Lipinski definition) is 1. The first-order valence-corrected chi connectivity index (χ1v) is 6.82. The Hall–Kier alpha value is -0.810. The normalized spacial score (nSPS) is 19.7. The maximum Gasteiger partial charge on any atom is 0.129 e. The molecule has 2 N–H and O–H groups in total. The average Bonchev–Trinajstić information content (AvgIpc) is 2.81. The van der Waals surface area contributed by atoms with Gasteiger partial charge in [0.1, 0.15) is 10.8 Å². The lowest BCUT2D eigenvalue weighted by Crippen LogP contribution is -2.32. The van der Waals surface area contributed by atoms with Crippen molar-refractivity contribution in [2.75, 3.05) is 23.5 Å². The zero-order valence-corrected chi connectivity index (χ0v) is 10.9. The fourth-order valence-electron chi connectivity index (χ4n) is 1.77. The lowest BCUT2D eigenvalue weighted by molar-refractivity contribution is 0.691. The molecule has 1 unspecified atom stereocenters. The zero-order chi connectivity index (χ0) is 11.5. The highest BCUT2D eigenvalue weighted by atomic mass is 32.2. The molecule has 0 radical (unpaired) electrons. The number of aromatic nitrogens is 1. The van der Waals surface area contributed by atoms with Gasteiger partial charge >= 0.3 is 0 Å². The van der Waals surface area contributed by atoms with E-state index in [-0.39, 0.29) is 0 Å². The molecule has 1 aromatic rings. The van der Waals surface area contributed by atoms with Gasteiger partial charge in [-0.15, -0.1) is 0 Å². The molecule has 86 valence electrons. The van der Waals surface area contributed by atoms with Crippen LogP contribution >= 0.6 is 24.0 Å². The Labute approximate surface area is 105 Å². The Kier molecular flexibility index (Phi) is 3.66. The van der Waals surface area contributed by atoms with Gasteiger partial charge in [-0.1, -0.05) is 18.3 Å². The van der Waals surface area contributed by atoms with Crippen LogP contribution in [0, 0.1) is 0 Å². The molecule has 3 nitrogen and oxygen atoms in total. The average molecular weight is 253 g/mol. The predicted molar refractivity (Wildman–Crippen MR) is 74.3 cm³/mol. The topological polar surface area (TPSA) is 42.1 Å². The molecule has 1 aliphatic heterocycles. The van der Waals surface area contributed by atoms with Crippen LogP contribution in [0.2, 0.25) is 0 Å². The molecule has 1 saturated heterocycles. The fraction of sp³-hybridized carbons (Fsp3) is 0.455. The molecule has 16 heavy (non-hydrogen) atoms. The van der Waals surface area contributed by atoms with E-state index < -0.39 is 0 Å². The smallest absolute Gasteiger partial charge is 0.129 e. The van der Waals surface area contributed by atoms with Crippen molar-refractivity contribution in [3.63, 3.8) is 0 Å². The van der Waals surface area contributed by atoms with Crippen LogP contribution < -0.4 is 10.6 Å². The van der Waals surface area contributed by atoms with Crippen LogP contribution in [0.25, 0.3) is 0 Å². The summed E-state index contributed by atoms with van der Waals surface area (Å²) in [5, 5.41) is 0. The fourth-order valence-corrected chi connectivity index (χ4v) is 3.15. The molecule has 2 rings (SSSR count). The molecule has 0 amide bonds. The van der Waals surface area contributed by atoms with Gasteiger partial charge < -0.3 is 10.6 Å². The van der Waals surface area contributed by atoms with E-state index in [4.69, 9.17) is 18.0 Å². The number of pyridine rings is 1. The van der Waals surface area contributed by atoms with Crippen molar-refractivity contribution in [2.45, 2.75) is 12.5 Å². The van der Waals surface area contributed by atoms with Crippen molar-refractivity contribution >= 4 is 34.8 Å². The first-order valence-electron chi connectivity index (χ1n) is 5.26. The van der Waals surface area contributed by atoms with Crippen LogP contribution in [0.1, 0.15) is 12.1 Å². The molecule has 0 aliphatic carbocycles. The van der Waals surface area contributed by atoms with Gasteiger partial charge in [-0.25, -0.2) is 4.98 Å². The Morgan fingerprint density at radius 2 is 2.44 bits per heavy atom. The van der Waals surface area contributed by atoms with E-state index in [9.17, 15) is 0 Å². The summed E-state index contributed by atoms with van der Waals surface area (Å²) in [4.78, 5) is 7.05. The van der Waals surface area contributed by atoms with Gasteiger partial charge in [-0.3, -0.25) is 0 Å². The SMILES string of the molecule is CN(c1cccc(C(N)=S)n1)C1CCSC1. The summed E-state index contributed by atoms with van der Waals surface area (Å²) < 4.78 is 0. The van der Waals surface area contributed by atoms with Crippen LogP contribution in [0.3, 0.4) is 0 Å². The van der Waals surface area contributed by atoms with E-state index in [0.717, 1.165) is 5.82 Å². The number of rotatable bonds is 3. The Morgan fingerprint density at radius 3 is 3.06 bits per heavy atom. The highest BCUT2D eigenvalue weighted by Crippen LogP contribution is 2.24. The lowest BCUT2D eigenvalue weighted by atomic mass is 10.2. The quantitative estimate of drug-likeness (QED) is 0.830. The number of nitrogens with zero attached hydrogens (tertiary/aromatic N) is 2. The highest BCUT2D eigenvalue weighted by Gasteiger charge is 2.21. The second-order valence-corrected chi connectivity index (χ2v) is 5.46. The second-order valence-electron chi connectivity index (χ2n) is 3.87. The minimum absolute atomic E-state index is 0.357. The predicted octanol–water partition coefficient (Wildman–Crippen LogP) is 1.66. The van der Waals surface area contributed by atoms with Crippen LogP contribution in [-0.4, -0.2) is 34.6 Å². The lowest BCUT2D eigenvalue weighted by Gasteiger charge is -2.25. The Bertz CT molecular complexity index is 389. The maximum absolute atomic E-state index is 5.58. The third-order valence-corrected chi connectivity index (χ3v) is 4.16. The van der Waals surface area contributed by atoms with Crippen LogP contribution in [-0.2, 0) is 0 Å². The molecule has 0 aromatic carbocycles. The van der Waals surface area contributed by atoms with Gasteiger partial charge in [-0.2, -0.15) is 11.8 Å². The van der Waals surface area contributed by atoms with Crippen LogP contribution in [0.5, 0.6) is 0 Å². The maximum atomic E-state index is 5.58. The summed E-state index contributed by atoms with van der Waals surface area (Å²) >= 11 is 6.93. The number of hydrogen-bond acceptors (Lipinski definition) is 4. The van der Waals surface area contributed by atoms with Crippen molar-refractivity contribution < 1.29 is 0 Å². The summed E-state index contributed by atoms with van der Waals surface area (Å²) in [6, 6.07) is 6.39. The van der Waals surface area contributed by atoms with Crippen LogP contribution in [0.15, 0.2) is 18.2 Å². The van der Waals surface area contributed by atoms with Gasteiger partial charge in [0.2, 0.25) is 0 Å². The standard InChI is InChI=1S/C11H15N3S2/c1-14(8-5-6-16-7-8)10-4-2-3-9(13-10)11(12)15/h2-4,8H,5-7H2,1H3,(H2,12,15). The molecular formula is C11H15N3S2. The summed E-state index contributed by atoms with van der Waals surface area (Å²) in [7, 11) is 2.09. The second kappa shape index (κ2) is 5.01. The number of thioether (sulfide) groups is 1. The van der Waals surface area contributed by atoms with E-state index in [1.54, 1.807) is 0 Å². The molecule has 0 saturated carbocycles. The van der Waals surface area contributed by atoms with E-state index in [0.29, 0.717) is 16.7 Å². The minimum Gasteiger partial charge on any atom is -0.388 e. The minimum atomic E-state index is 0.357. The molecule has 1 atom stereocenters. The summed E-state index contributed by atoms with van der Waals surface area (Å²) in [6.07, 6.45) is 1.22. The van der Waals surface area contributed by atoms with E-state index in [2.05, 4.69) is 16.9 Å². The number of anilines is 1. The van der Waals surface area contributed by atoms with Crippen molar-refractivity contribution in [3.8, 4) is 0 Å². The summed E-state index contributed by atoms with van der Waals surface area (Å²) in [6.45, 7) is 0. The third kappa shape index (κ3) is 2.47. The molecule has 5 heteroatoms. The summed E-state index contributed by atoms with van der Waals surface area (Å²) in [5.41, 5.74) is 6.28. The van der Waals surface area contributed by atoms with Gasteiger partial charge in [0.05, 0.1) is 5.69 Å². The van der Waals surface area contributed by atoms with Gasteiger partial charge in [-0.05, 0) is 24.3 Å². The Balaban J connectivity index is 2.18. The highest BCUT2D eigenvalue weighted by molar-refractivity contribution is 7.99. The molecule has 2 heterocycles. The Morgan fingerprint density at radius 1 is 1.62 bits per heavy atom. The van der Waals surface area contributed by atoms with Gasteiger partial charge in [0.15, 0.2) is 0 Å². The van der Waals surface area contributed by atoms with Crippen molar-refractivity contribution in [1.29, 1.82) is 0 Å². The molecule has 0 bridgehead atoms. The molecule has 0 spiro atoms.